The second kappa shape index (κ2) is 15.9. The van der Waals surface area contributed by atoms with E-state index in [-0.39, 0.29) is 22.4 Å². The number of carbonyl (C=O) groups excluding carboxylic acids is 2. The number of hydrogen-bond donors (Lipinski definition) is 2. The average molecular weight is 597 g/mol. The van der Waals surface area contributed by atoms with Crippen molar-refractivity contribution in [3.63, 3.8) is 0 Å². The highest BCUT2D eigenvalue weighted by Crippen LogP contribution is 2.40. The molecule has 2 rings (SSSR count). The molecule has 2 aliphatic rings. The van der Waals surface area contributed by atoms with Crippen LogP contribution < -0.4 is 0 Å². The Bertz CT molecular complexity index is 1340. The molecule has 0 saturated heterocycles. The molecule has 0 aromatic heterocycles. The van der Waals surface area contributed by atoms with Crippen LogP contribution in [0, 0.1) is 10.8 Å². The molecule has 2 atom stereocenters. The number of hydrogen-bond acceptors (Lipinski definition) is 4. The maximum Gasteiger partial charge on any atom is 0.187 e. The molecule has 0 amide bonds. The molecule has 0 spiro atoms. The van der Waals surface area contributed by atoms with E-state index in [1.807, 2.05) is 74.6 Å². The van der Waals surface area contributed by atoms with E-state index in [9.17, 15) is 19.8 Å². The Kier molecular flexibility index (Phi) is 13.2. The van der Waals surface area contributed by atoms with Crippen LogP contribution in [0.3, 0.4) is 0 Å². The molecular formula is C40H52O4. The fraction of sp³-hybridized carbons (Fsp3) is 0.400. The molecule has 0 aliphatic heterocycles. The predicted molar refractivity (Wildman–Crippen MR) is 185 cm³/mol. The second-order valence-electron chi connectivity index (χ2n) is 13.4. The van der Waals surface area contributed by atoms with Crippen LogP contribution in [0.2, 0.25) is 0 Å². The van der Waals surface area contributed by atoms with Crippen LogP contribution in [-0.4, -0.2) is 34.0 Å². The molecule has 0 heterocycles. The van der Waals surface area contributed by atoms with Gasteiger partial charge in [-0.15, -0.1) is 0 Å². The molecule has 236 valence electrons. The zero-order valence-corrected chi connectivity index (χ0v) is 28.4. The van der Waals surface area contributed by atoms with Crippen molar-refractivity contribution in [2.45, 2.75) is 94.3 Å². The summed E-state index contributed by atoms with van der Waals surface area (Å²) in [5.41, 5.74) is 7.16. The van der Waals surface area contributed by atoms with Crippen LogP contribution in [0.4, 0.5) is 0 Å². The van der Waals surface area contributed by atoms with Crippen LogP contribution >= 0.6 is 0 Å². The number of allylic oxidation sites excluding steroid dienone is 20. The van der Waals surface area contributed by atoms with Gasteiger partial charge in [-0.05, 0) is 87.5 Å². The fourth-order valence-corrected chi connectivity index (χ4v) is 5.62. The molecule has 2 aliphatic carbocycles. The third-order valence-electron chi connectivity index (χ3n) is 8.31. The first-order chi connectivity index (χ1) is 20.5. The van der Waals surface area contributed by atoms with E-state index in [1.54, 1.807) is 13.8 Å². The molecule has 0 aromatic rings. The van der Waals surface area contributed by atoms with E-state index in [1.165, 1.54) is 0 Å². The minimum atomic E-state index is -0.907. The normalized spacial score (nSPS) is 24.5. The number of ketones is 2. The number of aliphatic hydroxyl groups excluding tert-OH is 2. The van der Waals surface area contributed by atoms with E-state index >= 15 is 0 Å². The monoisotopic (exact) mass is 596 g/mol. The zero-order chi connectivity index (χ0) is 33.2. The van der Waals surface area contributed by atoms with Crippen LogP contribution in [0.1, 0.15) is 82.1 Å². The molecule has 0 unspecified atom stereocenters. The van der Waals surface area contributed by atoms with Gasteiger partial charge < -0.3 is 10.2 Å². The van der Waals surface area contributed by atoms with Crippen LogP contribution in [0.15, 0.2) is 130 Å². The Hall–Kier alpha value is -3.60. The molecule has 2 N–H and O–H groups in total. The van der Waals surface area contributed by atoms with Gasteiger partial charge in [-0.25, -0.2) is 0 Å². The average Bonchev–Trinajstić information content (AvgIpc) is 2.92. The maximum absolute atomic E-state index is 12.2. The SMILES string of the molecule is CC1=C(\C=C/C(C)=C/C=C/C(C)=C/C=C/C=C(C)\C=C\C=C(C)\C=C\C2=C(C)C(=O)[C@@H](O)CC2(C)C)C(C)(C)C[C@H](O)C1=O. The van der Waals surface area contributed by atoms with E-state index in [0.29, 0.717) is 24.0 Å². The molecule has 44 heavy (non-hydrogen) atoms. The van der Waals surface area contributed by atoms with E-state index < -0.39 is 12.2 Å². The largest absolute Gasteiger partial charge is 0.385 e. The number of aliphatic hydroxyl groups is 2. The van der Waals surface area contributed by atoms with E-state index in [2.05, 4.69) is 65.8 Å². The molecule has 0 radical (unpaired) electrons. The van der Waals surface area contributed by atoms with Crippen molar-refractivity contribution in [2.24, 2.45) is 10.8 Å². The summed E-state index contributed by atoms with van der Waals surface area (Å²) in [5.74, 6) is -0.350. The summed E-state index contributed by atoms with van der Waals surface area (Å²) in [5, 5.41) is 20.0. The van der Waals surface area contributed by atoms with E-state index in [4.69, 9.17) is 0 Å². The van der Waals surface area contributed by atoms with Gasteiger partial charge in [0.15, 0.2) is 11.6 Å². The summed E-state index contributed by atoms with van der Waals surface area (Å²) >= 11 is 0. The highest BCUT2D eigenvalue weighted by molar-refractivity contribution is 6.01. The van der Waals surface area contributed by atoms with Gasteiger partial charge in [0.1, 0.15) is 12.2 Å². The smallest absolute Gasteiger partial charge is 0.187 e. The molecule has 4 heteroatoms. The molecule has 0 saturated carbocycles. The summed E-state index contributed by atoms with van der Waals surface area (Å²) in [6.07, 6.45) is 27.5. The highest BCUT2D eigenvalue weighted by atomic mass is 16.3. The van der Waals surface area contributed by atoms with Crippen molar-refractivity contribution < 1.29 is 19.8 Å². The number of Topliss-reactive ketones (excluding diaryl/α,β-unsaturated/α-hetero) is 2. The minimum absolute atomic E-state index is 0.175. The first-order valence-corrected chi connectivity index (χ1v) is 15.4. The van der Waals surface area contributed by atoms with Crippen molar-refractivity contribution in [3.8, 4) is 0 Å². The topological polar surface area (TPSA) is 74.6 Å². The number of rotatable bonds is 10. The lowest BCUT2D eigenvalue weighted by Crippen LogP contribution is -2.35. The summed E-state index contributed by atoms with van der Waals surface area (Å²) in [7, 11) is 0. The molecule has 0 aromatic carbocycles. The fourth-order valence-electron chi connectivity index (χ4n) is 5.62. The summed E-state index contributed by atoms with van der Waals surface area (Å²) in [6.45, 7) is 20.0. The zero-order valence-electron chi connectivity index (χ0n) is 28.4. The van der Waals surface area contributed by atoms with Gasteiger partial charge in [0.2, 0.25) is 0 Å². The Morgan fingerprint density at radius 3 is 1.20 bits per heavy atom. The summed E-state index contributed by atoms with van der Waals surface area (Å²) in [6, 6.07) is 0. The molecular weight excluding hydrogens is 544 g/mol. The quantitative estimate of drug-likeness (QED) is 0.247. The minimum Gasteiger partial charge on any atom is -0.385 e. The first kappa shape index (κ1) is 36.6. The summed E-state index contributed by atoms with van der Waals surface area (Å²) < 4.78 is 0. The van der Waals surface area contributed by atoms with Gasteiger partial charge in [0, 0.05) is 0 Å². The van der Waals surface area contributed by atoms with Crippen molar-refractivity contribution in [1.82, 2.24) is 0 Å². The Morgan fingerprint density at radius 2 is 0.864 bits per heavy atom. The lowest BCUT2D eigenvalue weighted by Gasteiger charge is -2.34. The van der Waals surface area contributed by atoms with Crippen molar-refractivity contribution in [2.75, 3.05) is 0 Å². The molecule has 4 nitrogen and oxygen atoms in total. The number of carbonyl (C=O) groups is 2. The Morgan fingerprint density at radius 1 is 0.568 bits per heavy atom. The maximum atomic E-state index is 12.2. The van der Waals surface area contributed by atoms with Gasteiger partial charge in [0.05, 0.1) is 0 Å². The van der Waals surface area contributed by atoms with Gasteiger partial charge in [-0.1, -0.05) is 135 Å². The third-order valence-corrected chi connectivity index (χ3v) is 8.31. The van der Waals surface area contributed by atoms with Crippen molar-refractivity contribution in [1.29, 1.82) is 0 Å². The predicted octanol–water partition coefficient (Wildman–Crippen LogP) is 8.91. The summed E-state index contributed by atoms with van der Waals surface area (Å²) in [4.78, 5) is 24.5. The standard InChI is InChI=1S/C40H52O4/c1-27(17-13-19-29(3)21-23-33-31(5)37(43)35(41)25-39(33,7)8)15-11-12-16-28(2)18-14-20-30(4)22-24-34-32(6)38(44)36(42)26-40(34,9)10/h11-24,35-36,41-42H,25-26H2,1-10H3/b12-11+,17-13+,18-14+,23-21-,24-22+,27-15+,28-16-,29-19+,30-20+/t35-,36-/m0/s1. The van der Waals surface area contributed by atoms with Crippen molar-refractivity contribution in [3.05, 3.63) is 130 Å². The lowest BCUT2D eigenvalue weighted by atomic mass is 9.71. The Balaban J connectivity index is 1.95. The van der Waals surface area contributed by atoms with Crippen LogP contribution in [0.25, 0.3) is 0 Å². The van der Waals surface area contributed by atoms with Crippen LogP contribution in [0.5, 0.6) is 0 Å². The van der Waals surface area contributed by atoms with Crippen LogP contribution in [-0.2, 0) is 9.59 Å². The van der Waals surface area contributed by atoms with Gasteiger partial charge in [-0.3, -0.25) is 9.59 Å². The van der Waals surface area contributed by atoms with Gasteiger partial charge in [-0.2, -0.15) is 0 Å². The Labute approximate surface area is 265 Å². The molecule has 0 fully saturated rings. The van der Waals surface area contributed by atoms with Gasteiger partial charge in [0.25, 0.3) is 0 Å². The first-order valence-electron chi connectivity index (χ1n) is 15.4. The third kappa shape index (κ3) is 10.5. The second-order valence-corrected chi connectivity index (χ2v) is 13.4. The lowest BCUT2D eigenvalue weighted by molar-refractivity contribution is -0.126. The molecule has 0 bridgehead atoms. The highest BCUT2D eigenvalue weighted by Gasteiger charge is 2.37. The van der Waals surface area contributed by atoms with E-state index in [0.717, 1.165) is 33.4 Å². The van der Waals surface area contributed by atoms with Crippen molar-refractivity contribution >= 4 is 11.6 Å². The van der Waals surface area contributed by atoms with Gasteiger partial charge >= 0.3 is 0 Å².